The highest BCUT2D eigenvalue weighted by atomic mass is 35.5. The molecule has 0 bridgehead atoms. The summed E-state index contributed by atoms with van der Waals surface area (Å²) in [6, 6.07) is 9.57. The molecule has 7 nitrogen and oxygen atoms in total. The molecule has 2 aromatic carbocycles. The molecule has 1 saturated heterocycles. The molecule has 4 rings (SSSR count). The maximum absolute atomic E-state index is 13.5. The van der Waals surface area contributed by atoms with E-state index in [1.54, 1.807) is 18.2 Å². The van der Waals surface area contributed by atoms with Gasteiger partial charge in [-0.05, 0) is 47.7 Å². The molecule has 3 amide bonds. The van der Waals surface area contributed by atoms with Crippen molar-refractivity contribution in [2.24, 2.45) is 0 Å². The first kappa shape index (κ1) is 21.8. The van der Waals surface area contributed by atoms with Gasteiger partial charge in [-0.25, -0.2) is 23.4 Å². The summed E-state index contributed by atoms with van der Waals surface area (Å²) in [6.45, 7) is 0.590. The predicted octanol–water partition coefficient (Wildman–Crippen LogP) is 4.70. The van der Waals surface area contributed by atoms with E-state index in [1.807, 2.05) is 0 Å². The van der Waals surface area contributed by atoms with Crippen LogP contribution in [0.3, 0.4) is 0 Å². The van der Waals surface area contributed by atoms with Gasteiger partial charge in [0.05, 0.1) is 11.1 Å². The second kappa shape index (κ2) is 9.35. The maximum Gasteiger partial charge on any atom is 0.412 e. The van der Waals surface area contributed by atoms with Crippen molar-refractivity contribution in [2.45, 2.75) is 19.0 Å². The first-order valence-electron chi connectivity index (χ1n) is 9.87. The number of nitrogens with zero attached hydrogens (tertiary/aromatic N) is 2. The summed E-state index contributed by atoms with van der Waals surface area (Å²) in [5.74, 6) is -0.714. The largest absolute Gasteiger partial charge is 0.447 e. The lowest BCUT2D eigenvalue weighted by Crippen LogP contribution is -2.56. The van der Waals surface area contributed by atoms with Crippen molar-refractivity contribution in [3.05, 3.63) is 70.9 Å². The first-order valence-corrected chi connectivity index (χ1v) is 10.2. The number of likely N-dealkylation sites (tertiary alicyclic amines) is 1. The van der Waals surface area contributed by atoms with E-state index in [0.717, 1.165) is 5.39 Å². The van der Waals surface area contributed by atoms with Gasteiger partial charge in [0, 0.05) is 24.7 Å². The van der Waals surface area contributed by atoms with E-state index in [9.17, 15) is 18.4 Å². The zero-order chi connectivity index (χ0) is 22.7. The number of aromatic nitrogens is 1. The van der Waals surface area contributed by atoms with Crippen molar-refractivity contribution in [3.8, 4) is 0 Å². The van der Waals surface area contributed by atoms with Gasteiger partial charge in [0.15, 0.2) is 0 Å². The minimum atomic E-state index is -0.730. The Labute approximate surface area is 187 Å². The number of carbonyl (C=O) groups is 2. The Hall–Kier alpha value is -3.46. The van der Waals surface area contributed by atoms with Gasteiger partial charge >= 0.3 is 12.1 Å². The summed E-state index contributed by atoms with van der Waals surface area (Å²) in [6.07, 6.45) is 1.47. The monoisotopic (exact) mass is 460 g/mol. The lowest BCUT2D eigenvalue weighted by atomic mass is 10.1. The van der Waals surface area contributed by atoms with Gasteiger partial charge in [-0.15, -0.1) is 0 Å². The van der Waals surface area contributed by atoms with Gasteiger partial charge in [0.25, 0.3) is 0 Å². The van der Waals surface area contributed by atoms with Gasteiger partial charge < -0.3 is 15.0 Å². The quantitative estimate of drug-likeness (QED) is 0.578. The Morgan fingerprint density at radius 2 is 2.03 bits per heavy atom. The number of ether oxygens (including phenoxy) is 1. The standard InChI is InChI=1S/C22H19ClF2N4O3/c23-20-14(2-1-3-18(20)25)11-27-21(30)29-7-6-17(29)12-32-22(31)28-19-9-15-8-16(24)5-4-13(15)10-26-19/h1-5,8-10,17H,6-7,11-12H2,(H,27,30)(H,26,28,31)/t17-/m0/s1. The molecule has 0 radical (unpaired) electrons. The van der Waals surface area contributed by atoms with E-state index in [1.165, 1.54) is 35.4 Å². The second-order valence-electron chi connectivity index (χ2n) is 7.29. The fraction of sp³-hybridized carbons (Fsp3) is 0.227. The van der Waals surface area contributed by atoms with Gasteiger partial charge in [0.2, 0.25) is 0 Å². The summed E-state index contributed by atoms with van der Waals surface area (Å²) in [5.41, 5.74) is 0.468. The van der Waals surface area contributed by atoms with E-state index in [4.69, 9.17) is 16.3 Å². The lowest BCUT2D eigenvalue weighted by molar-refractivity contribution is 0.0585. The highest BCUT2D eigenvalue weighted by Crippen LogP contribution is 2.22. The van der Waals surface area contributed by atoms with Crippen LogP contribution in [0.5, 0.6) is 0 Å². The normalized spacial score (nSPS) is 15.2. The van der Waals surface area contributed by atoms with Crippen molar-refractivity contribution in [3.63, 3.8) is 0 Å². The maximum atomic E-state index is 13.5. The van der Waals surface area contributed by atoms with Gasteiger partial charge in [-0.1, -0.05) is 23.7 Å². The summed E-state index contributed by atoms with van der Waals surface area (Å²) in [4.78, 5) is 30.1. The van der Waals surface area contributed by atoms with Crippen LogP contribution in [0.2, 0.25) is 5.02 Å². The molecule has 0 aliphatic carbocycles. The molecule has 1 fully saturated rings. The average molecular weight is 461 g/mol. The van der Waals surface area contributed by atoms with Crippen molar-refractivity contribution in [2.75, 3.05) is 18.5 Å². The summed E-state index contributed by atoms with van der Waals surface area (Å²) < 4.78 is 32.1. The molecule has 0 unspecified atom stereocenters. The zero-order valence-electron chi connectivity index (χ0n) is 16.8. The molecule has 3 aromatic rings. The first-order chi connectivity index (χ1) is 15.4. The Morgan fingerprint density at radius 1 is 1.19 bits per heavy atom. The third kappa shape index (κ3) is 4.88. The third-order valence-electron chi connectivity index (χ3n) is 5.19. The van der Waals surface area contributed by atoms with E-state index in [-0.39, 0.29) is 41.9 Å². The number of nitrogens with one attached hydrogen (secondary N) is 2. The van der Waals surface area contributed by atoms with Crippen molar-refractivity contribution in [1.82, 2.24) is 15.2 Å². The summed E-state index contributed by atoms with van der Waals surface area (Å²) in [5, 5.41) is 6.48. The molecule has 32 heavy (non-hydrogen) atoms. The number of anilines is 1. The van der Waals surface area contributed by atoms with E-state index in [2.05, 4.69) is 15.6 Å². The van der Waals surface area contributed by atoms with Crippen LogP contribution in [0, 0.1) is 11.6 Å². The Bertz CT molecular complexity index is 1180. The highest BCUT2D eigenvalue weighted by molar-refractivity contribution is 6.31. The molecule has 0 spiro atoms. The SMILES string of the molecule is O=C(Nc1cc2cc(F)ccc2cn1)OC[C@@H]1CCN1C(=O)NCc1cccc(F)c1Cl. The van der Waals surface area contributed by atoms with Crippen molar-refractivity contribution >= 4 is 40.3 Å². The molecule has 1 atom stereocenters. The van der Waals surface area contributed by atoms with Crippen LogP contribution in [0.4, 0.5) is 24.2 Å². The number of hydrogen-bond acceptors (Lipinski definition) is 4. The number of benzene rings is 2. The van der Waals surface area contributed by atoms with Crippen LogP contribution in [-0.2, 0) is 11.3 Å². The fourth-order valence-corrected chi connectivity index (χ4v) is 3.52. The zero-order valence-corrected chi connectivity index (χ0v) is 17.5. The van der Waals surface area contributed by atoms with E-state index >= 15 is 0 Å². The van der Waals surface area contributed by atoms with Gasteiger partial charge in [-0.2, -0.15) is 0 Å². The van der Waals surface area contributed by atoms with Crippen LogP contribution in [0.15, 0.2) is 48.7 Å². The Morgan fingerprint density at radius 3 is 2.81 bits per heavy atom. The number of pyridine rings is 1. The van der Waals surface area contributed by atoms with Gasteiger partial charge in [-0.3, -0.25) is 5.32 Å². The number of urea groups is 1. The molecule has 1 aliphatic heterocycles. The van der Waals surface area contributed by atoms with Crippen LogP contribution < -0.4 is 10.6 Å². The minimum absolute atomic E-state index is 0.00217. The predicted molar refractivity (Wildman–Crippen MR) is 115 cm³/mol. The lowest BCUT2D eigenvalue weighted by Gasteiger charge is -2.40. The summed E-state index contributed by atoms with van der Waals surface area (Å²) >= 11 is 5.90. The second-order valence-corrected chi connectivity index (χ2v) is 7.67. The van der Waals surface area contributed by atoms with E-state index in [0.29, 0.717) is 23.9 Å². The highest BCUT2D eigenvalue weighted by Gasteiger charge is 2.33. The number of rotatable bonds is 5. The molecule has 10 heteroatoms. The summed E-state index contributed by atoms with van der Waals surface area (Å²) in [7, 11) is 0. The molecule has 1 aromatic heterocycles. The third-order valence-corrected chi connectivity index (χ3v) is 5.61. The van der Waals surface area contributed by atoms with Crippen LogP contribution in [0.1, 0.15) is 12.0 Å². The number of hydrogen-bond donors (Lipinski definition) is 2. The number of fused-ring (bicyclic) bond motifs is 1. The molecule has 0 saturated carbocycles. The Kier molecular flexibility index (Phi) is 6.36. The van der Waals surface area contributed by atoms with Crippen molar-refractivity contribution in [1.29, 1.82) is 0 Å². The van der Waals surface area contributed by atoms with Crippen LogP contribution in [0.25, 0.3) is 10.8 Å². The molecule has 166 valence electrons. The minimum Gasteiger partial charge on any atom is -0.447 e. The number of amides is 3. The average Bonchev–Trinajstić information content (AvgIpc) is 2.74. The topological polar surface area (TPSA) is 83.6 Å². The molecular weight excluding hydrogens is 442 g/mol. The molecule has 2 heterocycles. The van der Waals surface area contributed by atoms with Crippen molar-refractivity contribution < 1.29 is 23.1 Å². The molecule has 2 N–H and O–H groups in total. The van der Waals surface area contributed by atoms with Gasteiger partial charge in [0.1, 0.15) is 24.1 Å². The van der Waals surface area contributed by atoms with Crippen LogP contribution >= 0.6 is 11.6 Å². The van der Waals surface area contributed by atoms with Crippen LogP contribution in [-0.4, -0.2) is 41.2 Å². The van der Waals surface area contributed by atoms with E-state index < -0.39 is 11.9 Å². The number of halogens is 3. The molecule has 1 aliphatic rings. The fourth-order valence-electron chi connectivity index (χ4n) is 3.33. The smallest absolute Gasteiger partial charge is 0.412 e. The Balaban J connectivity index is 1.26. The molecular formula is C22H19ClF2N4O3. The number of carbonyl (C=O) groups excluding carboxylic acids is 2.